The van der Waals surface area contributed by atoms with Crippen LogP contribution in [0.25, 0.3) is 0 Å². The molecule has 3 rings (SSSR count). The molecule has 0 radical (unpaired) electrons. The number of halogens is 2. The van der Waals surface area contributed by atoms with Gasteiger partial charge in [0.1, 0.15) is 0 Å². The fraction of sp³-hybridized carbons (Fsp3) is 0.300. The van der Waals surface area contributed by atoms with Gasteiger partial charge < -0.3 is 15.3 Å². The van der Waals surface area contributed by atoms with Gasteiger partial charge in [-0.3, -0.25) is 4.79 Å². The average molecular weight is 407 g/mol. The molecular formula is C20H20Cl2N2O3. The Hall–Kier alpha value is -2.24. The predicted octanol–water partition coefficient (Wildman–Crippen LogP) is 4.57. The molecule has 0 spiro atoms. The summed E-state index contributed by atoms with van der Waals surface area (Å²) in [5.74, 6) is -0.382. The third-order valence-electron chi connectivity index (χ3n) is 4.89. The summed E-state index contributed by atoms with van der Waals surface area (Å²) in [6, 6.07) is 12.4. The Morgan fingerprint density at radius 2 is 1.81 bits per heavy atom. The molecule has 142 valence electrons. The summed E-state index contributed by atoms with van der Waals surface area (Å²) in [6.07, 6.45) is -0.446. The molecule has 27 heavy (non-hydrogen) atoms. The molecule has 2 N–H and O–H groups in total. The molecule has 1 saturated heterocycles. The summed E-state index contributed by atoms with van der Waals surface area (Å²) in [7, 11) is 0. The SMILES string of the molecule is Cc1ccc(C(=O)N[C@@H]2CCN(C(=O)O)C[C@H]2c2ccc(Cl)c(Cl)c2)cc1. The number of carboxylic acid groups (broad SMARTS) is 1. The van der Waals surface area contributed by atoms with Gasteiger partial charge in [-0.1, -0.05) is 47.0 Å². The molecular weight excluding hydrogens is 387 g/mol. The fourth-order valence-electron chi connectivity index (χ4n) is 3.34. The number of hydrogen-bond donors (Lipinski definition) is 2. The molecule has 2 atom stereocenters. The van der Waals surface area contributed by atoms with E-state index >= 15 is 0 Å². The second-order valence-corrected chi connectivity index (χ2v) is 7.56. The normalized spacial score (nSPS) is 19.6. The minimum atomic E-state index is -0.969. The van der Waals surface area contributed by atoms with Gasteiger partial charge in [0, 0.05) is 30.6 Å². The second-order valence-electron chi connectivity index (χ2n) is 6.74. The van der Waals surface area contributed by atoms with Crippen molar-refractivity contribution in [2.45, 2.75) is 25.3 Å². The van der Waals surface area contributed by atoms with Crippen molar-refractivity contribution >= 4 is 35.2 Å². The van der Waals surface area contributed by atoms with E-state index in [0.29, 0.717) is 28.6 Å². The minimum absolute atomic E-state index is 0.172. The molecule has 1 heterocycles. The Labute approximate surface area is 167 Å². The number of nitrogens with zero attached hydrogens (tertiary/aromatic N) is 1. The van der Waals surface area contributed by atoms with E-state index in [1.54, 1.807) is 24.3 Å². The quantitative estimate of drug-likeness (QED) is 0.783. The highest BCUT2D eigenvalue weighted by molar-refractivity contribution is 6.42. The van der Waals surface area contributed by atoms with Crippen LogP contribution in [0.15, 0.2) is 42.5 Å². The Balaban J connectivity index is 1.84. The second kappa shape index (κ2) is 8.19. The number of hydrogen-bond acceptors (Lipinski definition) is 2. The van der Waals surface area contributed by atoms with Gasteiger partial charge in [-0.05, 0) is 43.2 Å². The summed E-state index contributed by atoms with van der Waals surface area (Å²) >= 11 is 12.2. The summed E-state index contributed by atoms with van der Waals surface area (Å²) in [5.41, 5.74) is 2.51. The van der Waals surface area contributed by atoms with E-state index in [1.807, 2.05) is 25.1 Å². The van der Waals surface area contributed by atoms with Crippen LogP contribution in [-0.4, -0.2) is 41.1 Å². The number of likely N-dealkylation sites (tertiary alicyclic amines) is 1. The number of carbonyl (C=O) groups excluding carboxylic acids is 1. The van der Waals surface area contributed by atoms with Crippen molar-refractivity contribution in [3.8, 4) is 0 Å². The summed E-state index contributed by atoms with van der Waals surface area (Å²) < 4.78 is 0. The Bertz CT molecular complexity index is 855. The van der Waals surface area contributed by atoms with Gasteiger partial charge >= 0.3 is 6.09 Å². The van der Waals surface area contributed by atoms with E-state index in [4.69, 9.17) is 23.2 Å². The fourth-order valence-corrected chi connectivity index (χ4v) is 3.64. The van der Waals surface area contributed by atoms with Crippen LogP contribution in [0, 0.1) is 6.92 Å². The number of carbonyl (C=O) groups is 2. The lowest BCUT2D eigenvalue weighted by Gasteiger charge is -2.38. The first kappa shape index (κ1) is 19.5. The van der Waals surface area contributed by atoms with Gasteiger partial charge in [0.25, 0.3) is 5.91 Å². The first-order valence-corrected chi connectivity index (χ1v) is 9.41. The molecule has 0 aromatic heterocycles. The van der Waals surface area contributed by atoms with E-state index in [9.17, 15) is 14.7 Å². The van der Waals surface area contributed by atoms with Crippen molar-refractivity contribution < 1.29 is 14.7 Å². The van der Waals surface area contributed by atoms with Crippen LogP contribution in [-0.2, 0) is 0 Å². The van der Waals surface area contributed by atoms with E-state index < -0.39 is 6.09 Å². The van der Waals surface area contributed by atoms with Crippen molar-refractivity contribution in [2.75, 3.05) is 13.1 Å². The van der Waals surface area contributed by atoms with Crippen LogP contribution in [0.4, 0.5) is 4.79 Å². The molecule has 1 fully saturated rings. The minimum Gasteiger partial charge on any atom is -0.465 e. The van der Waals surface area contributed by atoms with E-state index in [-0.39, 0.29) is 24.4 Å². The Kier molecular flexibility index (Phi) is 5.92. The Morgan fingerprint density at radius 3 is 2.44 bits per heavy atom. The van der Waals surface area contributed by atoms with E-state index in [2.05, 4.69) is 5.32 Å². The molecule has 2 amide bonds. The lowest BCUT2D eigenvalue weighted by Crippen LogP contribution is -2.51. The molecule has 0 aliphatic carbocycles. The van der Waals surface area contributed by atoms with Gasteiger partial charge in [0.05, 0.1) is 10.0 Å². The standard InChI is InChI=1S/C20H20Cl2N2O3/c1-12-2-4-13(5-3-12)19(25)23-18-8-9-24(20(26)27)11-15(18)14-6-7-16(21)17(22)10-14/h2-7,10,15,18H,8-9,11H2,1H3,(H,23,25)(H,26,27)/t15-,18+/m0/s1. The third-order valence-corrected chi connectivity index (χ3v) is 5.62. The maximum atomic E-state index is 12.6. The molecule has 2 aromatic carbocycles. The maximum Gasteiger partial charge on any atom is 0.407 e. The average Bonchev–Trinajstić information content (AvgIpc) is 2.64. The van der Waals surface area contributed by atoms with E-state index in [0.717, 1.165) is 11.1 Å². The number of benzene rings is 2. The van der Waals surface area contributed by atoms with Crippen molar-refractivity contribution in [1.29, 1.82) is 0 Å². The monoisotopic (exact) mass is 406 g/mol. The Morgan fingerprint density at radius 1 is 1.11 bits per heavy atom. The van der Waals surface area contributed by atoms with Crippen molar-refractivity contribution in [3.63, 3.8) is 0 Å². The highest BCUT2D eigenvalue weighted by Crippen LogP contribution is 2.32. The number of nitrogens with one attached hydrogen (secondary N) is 1. The first-order valence-electron chi connectivity index (χ1n) is 8.65. The van der Waals surface area contributed by atoms with Gasteiger partial charge in [-0.25, -0.2) is 4.79 Å². The zero-order chi connectivity index (χ0) is 19.6. The lowest BCUT2D eigenvalue weighted by atomic mass is 9.86. The summed E-state index contributed by atoms with van der Waals surface area (Å²) in [6.45, 7) is 2.61. The van der Waals surface area contributed by atoms with Gasteiger partial charge in [-0.15, -0.1) is 0 Å². The number of amides is 2. The molecule has 7 heteroatoms. The van der Waals surface area contributed by atoms with E-state index in [1.165, 1.54) is 4.90 Å². The summed E-state index contributed by atoms with van der Waals surface area (Å²) in [5, 5.41) is 13.3. The zero-order valence-electron chi connectivity index (χ0n) is 14.8. The van der Waals surface area contributed by atoms with Crippen LogP contribution in [0.5, 0.6) is 0 Å². The van der Waals surface area contributed by atoms with Gasteiger partial charge in [0.2, 0.25) is 0 Å². The van der Waals surface area contributed by atoms with Crippen LogP contribution in [0.3, 0.4) is 0 Å². The number of rotatable bonds is 3. The van der Waals surface area contributed by atoms with Crippen LogP contribution in [0.1, 0.15) is 33.8 Å². The molecule has 0 unspecified atom stereocenters. The molecule has 0 saturated carbocycles. The van der Waals surface area contributed by atoms with Crippen molar-refractivity contribution in [3.05, 3.63) is 69.2 Å². The van der Waals surface area contributed by atoms with Gasteiger partial charge in [0.15, 0.2) is 0 Å². The zero-order valence-corrected chi connectivity index (χ0v) is 16.3. The topological polar surface area (TPSA) is 69.6 Å². The third kappa shape index (κ3) is 4.54. The molecule has 2 aromatic rings. The van der Waals surface area contributed by atoms with Crippen LogP contribution >= 0.6 is 23.2 Å². The molecule has 5 nitrogen and oxygen atoms in total. The number of piperidine rings is 1. The maximum absolute atomic E-state index is 12.6. The molecule has 0 bridgehead atoms. The lowest BCUT2D eigenvalue weighted by molar-refractivity contribution is 0.0888. The summed E-state index contributed by atoms with van der Waals surface area (Å²) in [4.78, 5) is 25.4. The molecule has 1 aliphatic heterocycles. The number of aryl methyl sites for hydroxylation is 1. The van der Waals surface area contributed by atoms with Crippen molar-refractivity contribution in [2.24, 2.45) is 0 Å². The van der Waals surface area contributed by atoms with Crippen LogP contribution in [0.2, 0.25) is 10.0 Å². The highest BCUT2D eigenvalue weighted by atomic mass is 35.5. The predicted molar refractivity (Wildman–Crippen MR) is 106 cm³/mol. The van der Waals surface area contributed by atoms with Crippen molar-refractivity contribution in [1.82, 2.24) is 10.2 Å². The van der Waals surface area contributed by atoms with Gasteiger partial charge in [-0.2, -0.15) is 0 Å². The highest BCUT2D eigenvalue weighted by Gasteiger charge is 2.33. The smallest absolute Gasteiger partial charge is 0.407 e. The molecule has 1 aliphatic rings. The first-order chi connectivity index (χ1) is 12.8. The van der Waals surface area contributed by atoms with Crippen LogP contribution < -0.4 is 5.32 Å². The largest absolute Gasteiger partial charge is 0.465 e.